The van der Waals surface area contributed by atoms with Crippen molar-refractivity contribution in [1.29, 1.82) is 0 Å². The van der Waals surface area contributed by atoms with Gasteiger partial charge >= 0.3 is 0 Å². The number of anilines is 2. The van der Waals surface area contributed by atoms with E-state index in [1.54, 1.807) is 30.5 Å². The minimum atomic E-state index is -2.66. The number of nitrogens with zero attached hydrogens (tertiary/aromatic N) is 5. The van der Waals surface area contributed by atoms with Crippen molar-refractivity contribution in [3.8, 4) is 11.3 Å². The SMILES string of the molecule is Nc1nccn2c(C3CCC4CCC(=O)N4C3)nc(-c3ccc(C(=O)Nc4cc(C(F)F)ccn4)cc3)c12. The molecule has 2 unspecified atom stereocenters. The molecular formula is C27H25F2N7O2. The van der Waals surface area contributed by atoms with Crippen LogP contribution in [-0.4, -0.2) is 48.7 Å². The molecule has 11 heteroatoms. The van der Waals surface area contributed by atoms with Crippen LogP contribution in [0, 0.1) is 0 Å². The number of halogens is 2. The first kappa shape index (κ1) is 24.0. The minimum Gasteiger partial charge on any atom is -0.382 e. The second-order valence-electron chi connectivity index (χ2n) is 9.67. The van der Waals surface area contributed by atoms with Crippen LogP contribution in [0.25, 0.3) is 16.8 Å². The number of nitrogens with one attached hydrogen (secondary N) is 1. The van der Waals surface area contributed by atoms with Crippen molar-refractivity contribution < 1.29 is 18.4 Å². The normalized spacial score (nSPS) is 19.2. The third-order valence-electron chi connectivity index (χ3n) is 7.39. The zero-order valence-corrected chi connectivity index (χ0v) is 20.3. The highest BCUT2D eigenvalue weighted by Gasteiger charge is 2.38. The topological polar surface area (TPSA) is 119 Å². The van der Waals surface area contributed by atoms with Gasteiger partial charge in [-0.25, -0.2) is 23.7 Å². The molecule has 0 spiro atoms. The molecule has 2 saturated heterocycles. The van der Waals surface area contributed by atoms with E-state index < -0.39 is 12.3 Å². The van der Waals surface area contributed by atoms with Crippen LogP contribution in [0.1, 0.15) is 59.8 Å². The molecule has 5 heterocycles. The Hall–Kier alpha value is -4.41. The van der Waals surface area contributed by atoms with Crippen LogP contribution in [0.3, 0.4) is 0 Å². The Kier molecular flexibility index (Phi) is 5.97. The van der Waals surface area contributed by atoms with Crippen molar-refractivity contribution in [1.82, 2.24) is 24.3 Å². The van der Waals surface area contributed by atoms with Gasteiger partial charge in [-0.05, 0) is 43.5 Å². The summed E-state index contributed by atoms with van der Waals surface area (Å²) in [5.41, 5.74) is 8.44. The molecule has 2 aliphatic rings. The van der Waals surface area contributed by atoms with Gasteiger partial charge < -0.3 is 16.0 Å². The summed E-state index contributed by atoms with van der Waals surface area (Å²) in [4.78, 5) is 40.3. The lowest BCUT2D eigenvalue weighted by atomic mass is 9.92. The largest absolute Gasteiger partial charge is 0.382 e. The number of nitrogens with two attached hydrogens (primary N) is 1. The summed E-state index contributed by atoms with van der Waals surface area (Å²) in [6.45, 7) is 0.629. The van der Waals surface area contributed by atoms with E-state index in [4.69, 9.17) is 10.7 Å². The fourth-order valence-electron chi connectivity index (χ4n) is 5.47. The minimum absolute atomic E-state index is 0.0478. The Bertz CT molecular complexity index is 1540. The maximum Gasteiger partial charge on any atom is 0.264 e. The van der Waals surface area contributed by atoms with E-state index >= 15 is 0 Å². The molecule has 38 heavy (non-hydrogen) atoms. The fourth-order valence-corrected chi connectivity index (χ4v) is 5.47. The van der Waals surface area contributed by atoms with E-state index in [1.807, 2.05) is 15.5 Å². The highest BCUT2D eigenvalue weighted by atomic mass is 19.3. The summed E-state index contributed by atoms with van der Waals surface area (Å²) in [5.74, 6) is 1.00. The summed E-state index contributed by atoms with van der Waals surface area (Å²) in [6, 6.07) is 9.46. The summed E-state index contributed by atoms with van der Waals surface area (Å²) >= 11 is 0. The molecular weight excluding hydrogens is 492 g/mol. The standard InChI is InChI=1S/C27H25F2N7O2/c28-24(29)17-9-10-31-20(13-17)33-27(38)16-3-1-15(2-4-16)22-23-25(30)32-11-12-35(23)26(34-22)18-5-6-19-7-8-21(37)36(19)14-18/h1-4,9-13,18-19,24H,5-8,14H2,(H2,30,32)(H,31,33,38). The van der Waals surface area contributed by atoms with Gasteiger partial charge in [0.25, 0.3) is 12.3 Å². The molecule has 2 fully saturated rings. The van der Waals surface area contributed by atoms with Crippen LogP contribution in [0.2, 0.25) is 0 Å². The average molecular weight is 518 g/mol. The van der Waals surface area contributed by atoms with E-state index in [0.717, 1.165) is 36.7 Å². The molecule has 2 atom stereocenters. The van der Waals surface area contributed by atoms with Crippen molar-refractivity contribution in [2.45, 2.75) is 44.1 Å². The molecule has 2 aliphatic heterocycles. The lowest BCUT2D eigenvalue weighted by molar-refractivity contribution is -0.130. The van der Waals surface area contributed by atoms with Crippen LogP contribution >= 0.6 is 0 Å². The molecule has 0 saturated carbocycles. The number of amides is 2. The lowest BCUT2D eigenvalue weighted by Gasteiger charge is -2.34. The number of alkyl halides is 2. The van der Waals surface area contributed by atoms with Crippen LogP contribution in [0.4, 0.5) is 20.4 Å². The number of piperidine rings is 1. The van der Waals surface area contributed by atoms with Gasteiger partial charge in [0, 0.05) is 60.2 Å². The Morgan fingerprint density at radius 1 is 1.08 bits per heavy atom. The van der Waals surface area contributed by atoms with Crippen LogP contribution < -0.4 is 11.1 Å². The zero-order valence-electron chi connectivity index (χ0n) is 20.3. The number of rotatable bonds is 5. The summed E-state index contributed by atoms with van der Waals surface area (Å²) in [7, 11) is 0. The van der Waals surface area contributed by atoms with Gasteiger partial charge in [0.05, 0.1) is 0 Å². The van der Waals surface area contributed by atoms with Crippen molar-refractivity contribution >= 4 is 29.0 Å². The Morgan fingerprint density at radius 3 is 2.68 bits per heavy atom. The van der Waals surface area contributed by atoms with E-state index in [1.165, 1.54) is 12.3 Å². The van der Waals surface area contributed by atoms with Gasteiger partial charge in [0.1, 0.15) is 28.7 Å². The second kappa shape index (κ2) is 9.47. The van der Waals surface area contributed by atoms with Gasteiger partial charge in [-0.3, -0.25) is 14.0 Å². The lowest BCUT2D eigenvalue weighted by Crippen LogP contribution is -2.41. The van der Waals surface area contributed by atoms with E-state index in [9.17, 15) is 18.4 Å². The number of fused-ring (bicyclic) bond motifs is 2. The van der Waals surface area contributed by atoms with Gasteiger partial charge in [-0.1, -0.05) is 12.1 Å². The number of imidazole rings is 1. The molecule has 0 aliphatic carbocycles. The molecule has 0 radical (unpaired) electrons. The molecule has 3 aromatic heterocycles. The van der Waals surface area contributed by atoms with E-state index in [0.29, 0.717) is 41.6 Å². The van der Waals surface area contributed by atoms with Crippen LogP contribution in [0.15, 0.2) is 55.0 Å². The van der Waals surface area contributed by atoms with E-state index in [-0.39, 0.29) is 23.2 Å². The molecule has 3 N–H and O–H groups in total. The number of aromatic nitrogens is 4. The van der Waals surface area contributed by atoms with Gasteiger partial charge in [-0.15, -0.1) is 0 Å². The molecule has 4 aromatic rings. The van der Waals surface area contributed by atoms with Gasteiger partial charge in [0.15, 0.2) is 0 Å². The Morgan fingerprint density at radius 2 is 1.89 bits per heavy atom. The number of carbonyl (C=O) groups is 2. The average Bonchev–Trinajstić information content (AvgIpc) is 3.50. The number of benzene rings is 1. The van der Waals surface area contributed by atoms with Crippen LogP contribution in [-0.2, 0) is 4.79 Å². The molecule has 194 valence electrons. The number of carbonyl (C=O) groups excluding carboxylic acids is 2. The van der Waals surface area contributed by atoms with Crippen molar-refractivity contribution in [2.24, 2.45) is 0 Å². The van der Waals surface area contributed by atoms with Crippen molar-refractivity contribution in [2.75, 3.05) is 17.6 Å². The fraction of sp³-hybridized carbons (Fsp3) is 0.296. The summed E-state index contributed by atoms with van der Waals surface area (Å²) in [6.07, 6.45) is 5.43. The predicted octanol–water partition coefficient (Wildman–Crippen LogP) is 4.43. The molecule has 0 bridgehead atoms. The second-order valence-corrected chi connectivity index (χ2v) is 9.67. The molecule has 2 amide bonds. The van der Waals surface area contributed by atoms with Gasteiger partial charge in [-0.2, -0.15) is 0 Å². The number of pyridine rings is 1. The highest BCUT2D eigenvalue weighted by Crippen LogP contribution is 2.38. The van der Waals surface area contributed by atoms with E-state index in [2.05, 4.69) is 15.3 Å². The number of nitrogen functional groups attached to an aromatic ring is 1. The van der Waals surface area contributed by atoms with Gasteiger partial charge in [0.2, 0.25) is 5.91 Å². The van der Waals surface area contributed by atoms with Crippen molar-refractivity contribution in [3.05, 3.63) is 71.9 Å². The first-order valence-corrected chi connectivity index (χ1v) is 12.5. The summed E-state index contributed by atoms with van der Waals surface area (Å²) < 4.78 is 27.9. The molecule has 1 aromatic carbocycles. The quantitative estimate of drug-likeness (QED) is 0.404. The summed E-state index contributed by atoms with van der Waals surface area (Å²) in [5, 5.41) is 2.56. The monoisotopic (exact) mass is 517 g/mol. The Balaban J connectivity index is 1.29. The first-order chi connectivity index (χ1) is 18.4. The van der Waals surface area contributed by atoms with Crippen LogP contribution in [0.5, 0.6) is 0 Å². The third-order valence-corrected chi connectivity index (χ3v) is 7.39. The maximum atomic E-state index is 13.0. The predicted molar refractivity (Wildman–Crippen MR) is 137 cm³/mol. The Labute approximate surface area is 216 Å². The maximum absolute atomic E-state index is 13.0. The highest BCUT2D eigenvalue weighted by molar-refractivity contribution is 6.04. The molecule has 9 nitrogen and oxygen atoms in total. The molecule has 6 rings (SSSR count). The third kappa shape index (κ3) is 4.23. The smallest absolute Gasteiger partial charge is 0.264 e. The number of hydrogen-bond donors (Lipinski definition) is 2. The first-order valence-electron chi connectivity index (χ1n) is 12.5. The van der Waals surface area contributed by atoms with Crippen molar-refractivity contribution in [3.63, 3.8) is 0 Å². The number of hydrogen-bond acceptors (Lipinski definition) is 6. The zero-order chi connectivity index (χ0) is 26.4.